The van der Waals surface area contributed by atoms with E-state index in [1.165, 1.54) is 4.57 Å². The van der Waals surface area contributed by atoms with Gasteiger partial charge in [0.05, 0.1) is 23.6 Å². The number of nitrogens with one attached hydrogen (secondary N) is 1. The van der Waals surface area contributed by atoms with E-state index in [0.717, 1.165) is 14.8 Å². The van der Waals surface area contributed by atoms with Gasteiger partial charge in [-0.25, -0.2) is 24.1 Å². The number of hydrogen-bond acceptors (Lipinski definition) is 8. The first-order valence-corrected chi connectivity index (χ1v) is 11.6. The minimum Gasteiger partial charge on any atom is -0.439 e. The fraction of sp³-hybridized carbons (Fsp3) is 0.120. The predicted molar refractivity (Wildman–Crippen MR) is 142 cm³/mol. The van der Waals surface area contributed by atoms with E-state index in [1.807, 2.05) is 0 Å². The van der Waals surface area contributed by atoms with Crippen LogP contribution in [0.3, 0.4) is 0 Å². The van der Waals surface area contributed by atoms with Gasteiger partial charge in [0.1, 0.15) is 5.75 Å². The first-order chi connectivity index (χ1) is 17.8. The molecule has 0 fully saturated rings. The van der Waals surface area contributed by atoms with Gasteiger partial charge in [0.25, 0.3) is 0 Å². The number of hydrazine groups is 1. The van der Waals surface area contributed by atoms with Crippen molar-refractivity contribution in [2.75, 3.05) is 5.84 Å². The van der Waals surface area contributed by atoms with Crippen molar-refractivity contribution in [3.63, 3.8) is 0 Å². The fourth-order valence-electron chi connectivity index (χ4n) is 3.49. The number of nitrogens with two attached hydrogens (primary N) is 2. The summed E-state index contributed by atoms with van der Waals surface area (Å²) >= 11 is 5.99. The van der Waals surface area contributed by atoms with Crippen molar-refractivity contribution in [3.8, 4) is 11.6 Å². The Bertz CT molecular complexity index is 1620. The smallest absolute Gasteiger partial charge is 0.353 e. The first-order valence-electron chi connectivity index (χ1n) is 11.2. The van der Waals surface area contributed by atoms with Crippen molar-refractivity contribution in [2.24, 2.45) is 10.8 Å². The van der Waals surface area contributed by atoms with Crippen LogP contribution in [-0.2, 0) is 13.1 Å². The number of hydrogen-bond donors (Lipinski definition) is 3. The molecule has 12 heteroatoms. The van der Waals surface area contributed by atoms with Crippen LogP contribution in [0, 0.1) is 0 Å². The highest BCUT2D eigenvalue weighted by Gasteiger charge is 2.13. The monoisotopic (exact) mass is 520 g/mol. The van der Waals surface area contributed by atoms with E-state index in [0.29, 0.717) is 33.7 Å². The molecule has 0 spiro atoms. The predicted octanol–water partition coefficient (Wildman–Crippen LogP) is 2.10. The molecule has 37 heavy (non-hydrogen) atoms. The zero-order chi connectivity index (χ0) is 26.5. The third kappa shape index (κ3) is 5.63. The fourth-order valence-corrected chi connectivity index (χ4v) is 3.62. The van der Waals surface area contributed by atoms with Crippen LogP contribution in [0.25, 0.3) is 5.70 Å². The lowest BCUT2D eigenvalue weighted by Crippen LogP contribution is -2.57. The molecule has 5 N–H and O–H groups in total. The molecular weight excluding hydrogens is 496 g/mol. The highest BCUT2D eigenvalue weighted by atomic mass is 35.5. The van der Waals surface area contributed by atoms with E-state index in [9.17, 15) is 9.59 Å². The SMILES string of the molecule is C=C(NN)c1cccc(Oc2ccc(/N=c3\n(N)c(=O)n(CC)c(=O)n3Cc3ccc(Cl)cc3)cc2)n1. The van der Waals surface area contributed by atoms with E-state index in [2.05, 4.69) is 22.0 Å². The molecule has 2 aromatic carbocycles. The maximum absolute atomic E-state index is 13.1. The molecular formula is C25H25ClN8O3. The number of nitrogen functional groups attached to an aromatic ring is 1. The van der Waals surface area contributed by atoms with Crippen molar-refractivity contribution >= 4 is 23.0 Å². The highest BCUT2D eigenvalue weighted by molar-refractivity contribution is 6.30. The van der Waals surface area contributed by atoms with Gasteiger partial charge in [-0.1, -0.05) is 36.4 Å². The quantitative estimate of drug-likeness (QED) is 0.238. The number of benzene rings is 2. The highest BCUT2D eigenvalue weighted by Crippen LogP contribution is 2.23. The van der Waals surface area contributed by atoms with Gasteiger partial charge in [0, 0.05) is 17.6 Å². The second-order valence-corrected chi connectivity index (χ2v) is 8.32. The maximum Gasteiger partial charge on any atom is 0.353 e. The number of nitrogens with zero attached hydrogens (tertiary/aromatic N) is 5. The van der Waals surface area contributed by atoms with Crippen LogP contribution in [-0.4, -0.2) is 18.8 Å². The Morgan fingerprint density at radius 3 is 2.41 bits per heavy atom. The largest absolute Gasteiger partial charge is 0.439 e. The third-order valence-electron chi connectivity index (χ3n) is 5.42. The minimum absolute atomic E-state index is 0.00881. The minimum atomic E-state index is -0.668. The molecule has 0 saturated heterocycles. The Balaban J connectivity index is 1.71. The Labute approximate surface area is 216 Å². The molecule has 0 aliphatic heterocycles. The van der Waals surface area contributed by atoms with Crippen molar-refractivity contribution in [1.29, 1.82) is 0 Å². The lowest BCUT2D eigenvalue weighted by atomic mass is 10.2. The van der Waals surface area contributed by atoms with Crippen LogP contribution in [0.5, 0.6) is 11.6 Å². The molecule has 11 nitrogen and oxygen atoms in total. The van der Waals surface area contributed by atoms with Gasteiger partial charge in [0.15, 0.2) is 0 Å². The van der Waals surface area contributed by atoms with Crippen LogP contribution < -0.4 is 38.8 Å². The molecule has 0 unspecified atom stereocenters. The van der Waals surface area contributed by atoms with Crippen molar-refractivity contribution in [1.82, 2.24) is 24.2 Å². The average molecular weight is 521 g/mol. The lowest BCUT2D eigenvalue weighted by Gasteiger charge is -2.13. The average Bonchev–Trinajstić information content (AvgIpc) is 2.91. The van der Waals surface area contributed by atoms with Gasteiger partial charge in [0.2, 0.25) is 11.5 Å². The zero-order valence-corrected chi connectivity index (χ0v) is 20.7. The van der Waals surface area contributed by atoms with E-state index in [1.54, 1.807) is 73.7 Å². The standard InChI is InChI=1S/C25H25ClN8O3/c1-3-32-24(35)33(15-17-7-9-18(26)10-8-17)23(34(28)25(32)36)29-19-11-13-20(14-12-19)37-22-6-4-5-21(30-22)16(2)31-27/h4-14,31H,2-3,15,27-28H2,1H3/b29-23-. The van der Waals surface area contributed by atoms with Gasteiger partial charge < -0.3 is 16.0 Å². The van der Waals surface area contributed by atoms with Gasteiger partial charge in [-0.05, 0) is 55.0 Å². The summed E-state index contributed by atoms with van der Waals surface area (Å²) in [6.07, 6.45) is 0. The second kappa shape index (κ2) is 11.0. The summed E-state index contributed by atoms with van der Waals surface area (Å²) < 4.78 is 9.05. The van der Waals surface area contributed by atoms with E-state index in [-0.39, 0.29) is 18.7 Å². The molecule has 190 valence electrons. The maximum atomic E-state index is 13.1. The summed E-state index contributed by atoms with van der Waals surface area (Å²) in [7, 11) is 0. The zero-order valence-electron chi connectivity index (χ0n) is 20.0. The summed E-state index contributed by atoms with van der Waals surface area (Å²) in [4.78, 5) is 34.7. The summed E-state index contributed by atoms with van der Waals surface area (Å²) in [5.74, 6) is 12.3. The number of rotatable bonds is 8. The molecule has 2 heterocycles. The van der Waals surface area contributed by atoms with Crippen molar-refractivity contribution in [2.45, 2.75) is 20.0 Å². The molecule has 0 radical (unpaired) electrons. The molecule has 0 amide bonds. The second-order valence-electron chi connectivity index (χ2n) is 7.88. The summed E-state index contributed by atoms with van der Waals surface area (Å²) in [6, 6.07) is 18.9. The molecule has 2 aromatic heterocycles. The molecule has 4 aromatic rings. The molecule has 0 bridgehead atoms. The van der Waals surface area contributed by atoms with Crippen molar-refractivity contribution < 1.29 is 4.74 Å². The third-order valence-corrected chi connectivity index (χ3v) is 5.67. The topological polar surface area (TPSA) is 147 Å². The first kappa shape index (κ1) is 25.5. The summed E-state index contributed by atoms with van der Waals surface area (Å²) in [5, 5.41) is 0.568. The molecule has 0 saturated carbocycles. The number of halogens is 1. The van der Waals surface area contributed by atoms with Crippen molar-refractivity contribution in [3.05, 3.63) is 116 Å². The molecule has 4 rings (SSSR count). The van der Waals surface area contributed by atoms with Gasteiger partial charge >= 0.3 is 11.4 Å². The van der Waals surface area contributed by atoms with Crippen LogP contribution in [0.4, 0.5) is 5.69 Å². The van der Waals surface area contributed by atoms with E-state index in [4.69, 9.17) is 28.0 Å². The lowest BCUT2D eigenvalue weighted by molar-refractivity contribution is 0.462. The number of pyridine rings is 1. The van der Waals surface area contributed by atoms with E-state index < -0.39 is 11.4 Å². The van der Waals surface area contributed by atoms with Gasteiger partial charge in [-0.15, -0.1) is 0 Å². The number of aromatic nitrogens is 4. The van der Waals surface area contributed by atoms with E-state index >= 15 is 0 Å². The normalized spacial score (nSPS) is 11.4. The number of ether oxygens (including phenoxy) is 1. The Morgan fingerprint density at radius 1 is 1.05 bits per heavy atom. The molecule has 0 aliphatic rings. The van der Waals surface area contributed by atoms with Gasteiger partial charge in [-0.3, -0.25) is 10.4 Å². The Morgan fingerprint density at radius 2 is 1.76 bits per heavy atom. The Kier molecular flexibility index (Phi) is 7.56. The van der Waals surface area contributed by atoms with Gasteiger partial charge in [-0.2, -0.15) is 4.68 Å². The molecule has 0 aliphatic carbocycles. The van der Waals surface area contributed by atoms with Crippen LogP contribution >= 0.6 is 11.6 Å². The summed E-state index contributed by atoms with van der Waals surface area (Å²) in [5.41, 5.74) is 3.48. The summed E-state index contributed by atoms with van der Waals surface area (Å²) in [6.45, 7) is 5.77. The van der Waals surface area contributed by atoms with Crippen LogP contribution in [0.15, 0.2) is 87.9 Å². The van der Waals surface area contributed by atoms with Crippen LogP contribution in [0.1, 0.15) is 18.2 Å². The molecule has 0 atom stereocenters. The van der Waals surface area contributed by atoms with Crippen LogP contribution in [0.2, 0.25) is 5.02 Å². The Hall–Kier alpha value is -4.61.